The van der Waals surface area contributed by atoms with Gasteiger partial charge in [-0.3, -0.25) is 9.59 Å². The number of alkyl halides is 2. The molecule has 6 nitrogen and oxygen atoms in total. The molecular weight excluding hydrogens is 475 g/mol. The normalized spacial score (nSPS) is 28.0. The number of carbonyl (C=O) groups excluding carboxylic acids is 2. The summed E-state index contributed by atoms with van der Waals surface area (Å²) >= 11 is 12.0. The summed E-state index contributed by atoms with van der Waals surface area (Å²) in [4.78, 5) is 31.8. The third-order valence-corrected chi connectivity index (χ3v) is 7.66. The van der Waals surface area contributed by atoms with Gasteiger partial charge in [0.2, 0.25) is 11.8 Å². The molecule has 0 spiro atoms. The molecule has 33 heavy (non-hydrogen) atoms. The van der Waals surface area contributed by atoms with Crippen molar-refractivity contribution in [2.45, 2.75) is 56.7 Å². The lowest BCUT2D eigenvalue weighted by atomic mass is 9.98. The maximum atomic E-state index is 13.4. The molecule has 1 aromatic carbocycles. The second kappa shape index (κ2) is 10.0. The molecule has 4 rings (SSSR count). The highest BCUT2D eigenvalue weighted by Gasteiger charge is 2.45. The fourth-order valence-electron chi connectivity index (χ4n) is 4.93. The van der Waals surface area contributed by atoms with Crippen LogP contribution in [-0.2, 0) is 20.7 Å². The van der Waals surface area contributed by atoms with Crippen LogP contribution in [-0.4, -0.2) is 90.0 Å². The van der Waals surface area contributed by atoms with E-state index < -0.39 is 12.0 Å². The third-order valence-electron chi connectivity index (χ3n) is 6.92. The molecular formula is C23H29Cl2F2N3O3. The van der Waals surface area contributed by atoms with Gasteiger partial charge in [0.15, 0.2) is 0 Å². The van der Waals surface area contributed by atoms with Crippen LogP contribution in [0.25, 0.3) is 0 Å². The molecule has 3 atom stereocenters. The molecule has 0 saturated carbocycles. The largest absolute Gasteiger partial charge is 0.377 e. The number of amides is 2. The molecule has 3 aliphatic rings. The van der Waals surface area contributed by atoms with Gasteiger partial charge in [0.25, 0.3) is 5.92 Å². The SMILES string of the molecule is C[C@H]1C(=O)N2[C@@H](CCN3CCC(F)(F)CC3)COC[C@H]2CN1C(=O)Cc1ccc(Cl)c(Cl)c1. The number of hydrogen-bond donors (Lipinski definition) is 0. The fourth-order valence-corrected chi connectivity index (χ4v) is 5.26. The first kappa shape index (κ1) is 24.6. The van der Waals surface area contributed by atoms with E-state index in [0.29, 0.717) is 55.9 Å². The summed E-state index contributed by atoms with van der Waals surface area (Å²) in [5.74, 6) is -2.81. The van der Waals surface area contributed by atoms with Crippen molar-refractivity contribution in [1.82, 2.24) is 14.7 Å². The van der Waals surface area contributed by atoms with E-state index in [2.05, 4.69) is 0 Å². The van der Waals surface area contributed by atoms with Gasteiger partial charge >= 0.3 is 0 Å². The lowest BCUT2D eigenvalue weighted by Crippen LogP contribution is -2.68. The number of likely N-dealkylation sites (tertiary alicyclic amines) is 1. The Morgan fingerprint density at radius 2 is 1.91 bits per heavy atom. The van der Waals surface area contributed by atoms with E-state index >= 15 is 0 Å². The van der Waals surface area contributed by atoms with Crippen LogP contribution in [0, 0.1) is 0 Å². The summed E-state index contributed by atoms with van der Waals surface area (Å²) in [6, 6.07) is 4.17. The van der Waals surface area contributed by atoms with E-state index in [1.165, 1.54) is 0 Å². The highest BCUT2D eigenvalue weighted by Crippen LogP contribution is 2.30. The molecule has 0 aromatic heterocycles. The Kier molecular flexibility index (Phi) is 7.48. The minimum Gasteiger partial charge on any atom is -0.377 e. The Bertz CT molecular complexity index is 894. The molecule has 1 aromatic rings. The van der Waals surface area contributed by atoms with Crippen molar-refractivity contribution in [3.63, 3.8) is 0 Å². The predicted molar refractivity (Wildman–Crippen MR) is 122 cm³/mol. The van der Waals surface area contributed by atoms with Gasteiger partial charge in [-0.25, -0.2) is 8.78 Å². The molecule has 10 heteroatoms. The number of morpholine rings is 1. The van der Waals surface area contributed by atoms with Crippen molar-refractivity contribution in [2.24, 2.45) is 0 Å². The first-order chi connectivity index (χ1) is 15.6. The summed E-state index contributed by atoms with van der Waals surface area (Å²) in [6.45, 7) is 4.34. The molecule has 0 radical (unpaired) electrons. The van der Waals surface area contributed by atoms with Gasteiger partial charge in [-0.1, -0.05) is 29.3 Å². The van der Waals surface area contributed by atoms with Crippen LogP contribution in [0.2, 0.25) is 10.0 Å². The van der Waals surface area contributed by atoms with Crippen molar-refractivity contribution in [2.75, 3.05) is 39.4 Å². The number of benzene rings is 1. The first-order valence-electron chi connectivity index (χ1n) is 11.4. The van der Waals surface area contributed by atoms with Gasteiger partial charge in [0.1, 0.15) is 6.04 Å². The van der Waals surface area contributed by atoms with E-state index in [1.807, 2.05) is 9.80 Å². The number of piperazine rings is 1. The summed E-state index contributed by atoms with van der Waals surface area (Å²) in [6.07, 6.45) is 0.557. The smallest absolute Gasteiger partial charge is 0.250 e. The number of ether oxygens (including phenoxy) is 1. The van der Waals surface area contributed by atoms with Crippen molar-refractivity contribution < 1.29 is 23.1 Å². The summed E-state index contributed by atoms with van der Waals surface area (Å²) < 4.78 is 32.6. The van der Waals surface area contributed by atoms with Crippen LogP contribution in [0.5, 0.6) is 0 Å². The molecule has 0 bridgehead atoms. The Morgan fingerprint density at radius 3 is 2.61 bits per heavy atom. The first-order valence-corrected chi connectivity index (χ1v) is 12.1. The maximum Gasteiger partial charge on any atom is 0.250 e. The van der Waals surface area contributed by atoms with Gasteiger partial charge in [-0.15, -0.1) is 0 Å². The maximum absolute atomic E-state index is 13.4. The second-order valence-electron chi connectivity index (χ2n) is 9.22. The summed E-state index contributed by atoms with van der Waals surface area (Å²) in [5, 5.41) is 0.811. The van der Waals surface area contributed by atoms with Crippen LogP contribution < -0.4 is 0 Å². The van der Waals surface area contributed by atoms with E-state index in [0.717, 1.165) is 5.56 Å². The highest BCUT2D eigenvalue weighted by atomic mass is 35.5. The zero-order chi connectivity index (χ0) is 23.8. The quantitative estimate of drug-likeness (QED) is 0.617. The van der Waals surface area contributed by atoms with Crippen LogP contribution >= 0.6 is 23.2 Å². The molecule has 3 fully saturated rings. The number of nitrogens with zero attached hydrogens (tertiary/aromatic N) is 3. The number of fused-ring (bicyclic) bond motifs is 1. The molecule has 3 aliphatic heterocycles. The monoisotopic (exact) mass is 503 g/mol. The number of hydrogen-bond acceptors (Lipinski definition) is 4. The Morgan fingerprint density at radius 1 is 1.18 bits per heavy atom. The lowest BCUT2D eigenvalue weighted by Gasteiger charge is -2.50. The fraction of sp³-hybridized carbons (Fsp3) is 0.652. The minimum absolute atomic E-state index is 0.0905. The van der Waals surface area contributed by atoms with Crippen LogP contribution in [0.1, 0.15) is 31.7 Å². The van der Waals surface area contributed by atoms with Gasteiger partial charge in [0.05, 0.1) is 41.8 Å². The molecule has 0 unspecified atom stereocenters. The summed E-state index contributed by atoms with van der Waals surface area (Å²) in [5.41, 5.74) is 0.737. The average Bonchev–Trinajstić information content (AvgIpc) is 2.77. The van der Waals surface area contributed by atoms with Crippen LogP contribution in [0.4, 0.5) is 8.78 Å². The lowest BCUT2D eigenvalue weighted by molar-refractivity contribution is -0.168. The van der Waals surface area contributed by atoms with Crippen molar-refractivity contribution >= 4 is 35.0 Å². The van der Waals surface area contributed by atoms with E-state index in [1.54, 1.807) is 30.0 Å². The van der Waals surface area contributed by atoms with Crippen LogP contribution in [0.15, 0.2) is 18.2 Å². The van der Waals surface area contributed by atoms with Crippen LogP contribution in [0.3, 0.4) is 0 Å². The Hall–Kier alpha value is -1.48. The zero-order valence-corrected chi connectivity index (χ0v) is 20.1. The van der Waals surface area contributed by atoms with Gasteiger partial charge in [-0.2, -0.15) is 0 Å². The van der Waals surface area contributed by atoms with Gasteiger partial charge in [-0.05, 0) is 31.0 Å². The number of rotatable bonds is 5. The standard InChI is InChI=1S/C23H29Cl2F2N3O3/c1-15-22(32)30-17(4-7-28-8-5-23(26,27)6-9-28)13-33-14-18(30)12-29(15)21(31)11-16-2-3-19(24)20(25)10-16/h2-3,10,15,17-18H,4-9,11-14H2,1H3/t15-,17-,18+/m0/s1. The van der Waals surface area contributed by atoms with Gasteiger partial charge in [0, 0.05) is 39.0 Å². The van der Waals surface area contributed by atoms with E-state index in [-0.39, 0.29) is 43.2 Å². The van der Waals surface area contributed by atoms with E-state index in [9.17, 15) is 18.4 Å². The molecule has 3 saturated heterocycles. The molecule has 0 N–H and O–H groups in total. The summed E-state index contributed by atoms with van der Waals surface area (Å²) in [7, 11) is 0. The number of piperidine rings is 1. The topological polar surface area (TPSA) is 53.1 Å². The van der Waals surface area contributed by atoms with Crippen molar-refractivity contribution in [3.05, 3.63) is 33.8 Å². The average molecular weight is 504 g/mol. The minimum atomic E-state index is -2.57. The molecule has 182 valence electrons. The highest BCUT2D eigenvalue weighted by molar-refractivity contribution is 6.42. The Balaban J connectivity index is 1.37. The Labute approximate surface area is 202 Å². The molecule has 0 aliphatic carbocycles. The number of halogens is 4. The predicted octanol–water partition coefficient (Wildman–Crippen LogP) is 3.48. The van der Waals surface area contributed by atoms with Crippen molar-refractivity contribution in [3.8, 4) is 0 Å². The second-order valence-corrected chi connectivity index (χ2v) is 10.0. The van der Waals surface area contributed by atoms with Gasteiger partial charge < -0.3 is 19.4 Å². The van der Waals surface area contributed by atoms with Crippen molar-refractivity contribution in [1.29, 1.82) is 0 Å². The molecule has 2 amide bonds. The zero-order valence-electron chi connectivity index (χ0n) is 18.6. The van der Waals surface area contributed by atoms with E-state index in [4.69, 9.17) is 27.9 Å². The molecule has 3 heterocycles. The number of carbonyl (C=O) groups is 2. The third kappa shape index (κ3) is 5.61.